The lowest BCUT2D eigenvalue weighted by Crippen LogP contribution is -2.56. The van der Waals surface area contributed by atoms with Gasteiger partial charge in [0.1, 0.15) is 0 Å². The van der Waals surface area contributed by atoms with Gasteiger partial charge in [0, 0.05) is 38.8 Å². The second-order valence-electron chi connectivity index (χ2n) is 4.69. The maximum absolute atomic E-state index is 12.0. The van der Waals surface area contributed by atoms with Gasteiger partial charge >= 0.3 is 0 Å². The first-order chi connectivity index (χ1) is 8.16. The molecule has 0 saturated carbocycles. The molecule has 0 aromatic rings. The zero-order valence-electron chi connectivity index (χ0n) is 10.2. The van der Waals surface area contributed by atoms with Crippen molar-refractivity contribution in [3.05, 3.63) is 0 Å². The van der Waals surface area contributed by atoms with Crippen molar-refractivity contribution in [3.63, 3.8) is 0 Å². The molecule has 6 nitrogen and oxygen atoms in total. The lowest BCUT2D eigenvalue weighted by atomic mass is 10.2. The van der Waals surface area contributed by atoms with Crippen LogP contribution >= 0.6 is 0 Å². The fraction of sp³-hybridized carbons (Fsp3) is 0.818. The monoisotopic (exact) mass is 240 g/mol. The minimum absolute atomic E-state index is 0.0211. The summed E-state index contributed by atoms with van der Waals surface area (Å²) < 4.78 is 0. The van der Waals surface area contributed by atoms with Crippen LogP contribution in [0.25, 0.3) is 0 Å². The van der Waals surface area contributed by atoms with Crippen molar-refractivity contribution >= 4 is 11.8 Å². The van der Waals surface area contributed by atoms with E-state index in [9.17, 15) is 9.59 Å². The fourth-order valence-corrected chi connectivity index (χ4v) is 2.24. The lowest BCUT2D eigenvalue weighted by Gasteiger charge is -2.34. The van der Waals surface area contributed by atoms with Gasteiger partial charge in [-0.05, 0) is 6.92 Å². The van der Waals surface area contributed by atoms with Crippen LogP contribution in [-0.2, 0) is 9.59 Å². The van der Waals surface area contributed by atoms with E-state index in [1.54, 1.807) is 4.90 Å². The summed E-state index contributed by atoms with van der Waals surface area (Å²) in [4.78, 5) is 27.1. The molecule has 2 fully saturated rings. The second kappa shape index (κ2) is 5.46. The normalized spacial score (nSPS) is 26.2. The van der Waals surface area contributed by atoms with Crippen molar-refractivity contribution < 1.29 is 9.59 Å². The molecule has 2 aliphatic heterocycles. The smallest absolute Gasteiger partial charge is 0.242 e. The van der Waals surface area contributed by atoms with E-state index in [-0.39, 0.29) is 18.4 Å². The average Bonchev–Trinajstić information content (AvgIpc) is 2.32. The summed E-state index contributed by atoms with van der Waals surface area (Å²) in [6.07, 6.45) is 0. The number of hydrogen-bond acceptors (Lipinski definition) is 4. The lowest BCUT2D eigenvalue weighted by molar-refractivity contribution is -0.141. The molecule has 2 N–H and O–H groups in total. The van der Waals surface area contributed by atoms with Crippen LogP contribution in [0.1, 0.15) is 6.92 Å². The highest BCUT2D eigenvalue weighted by molar-refractivity contribution is 5.86. The van der Waals surface area contributed by atoms with E-state index < -0.39 is 0 Å². The van der Waals surface area contributed by atoms with Gasteiger partial charge in [-0.25, -0.2) is 0 Å². The Kier molecular flexibility index (Phi) is 3.96. The number of nitrogens with zero attached hydrogens (tertiary/aromatic N) is 2. The van der Waals surface area contributed by atoms with Gasteiger partial charge in [-0.2, -0.15) is 0 Å². The van der Waals surface area contributed by atoms with E-state index in [1.165, 1.54) is 0 Å². The SMILES string of the molecule is C[C@H]1CN(C(=O)CN2CCNCC2=O)CCN1. The van der Waals surface area contributed by atoms with Crippen LogP contribution in [-0.4, -0.2) is 73.5 Å². The highest BCUT2D eigenvalue weighted by Gasteiger charge is 2.25. The van der Waals surface area contributed by atoms with Crippen molar-refractivity contribution in [2.75, 3.05) is 45.8 Å². The van der Waals surface area contributed by atoms with E-state index in [4.69, 9.17) is 0 Å². The predicted molar refractivity (Wildman–Crippen MR) is 63.5 cm³/mol. The Morgan fingerprint density at radius 2 is 2.24 bits per heavy atom. The predicted octanol–water partition coefficient (Wildman–Crippen LogP) is -1.76. The van der Waals surface area contributed by atoms with Crippen molar-refractivity contribution in [1.82, 2.24) is 20.4 Å². The van der Waals surface area contributed by atoms with Gasteiger partial charge in [0.2, 0.25) is 11.8 Å². The molecule has 2 heterocycles. The van der Waals surface area contributed by atoms with Gasteiger partial charge in [0.25, 0.3) is 0 Å². The van der Waals surface area contributed by atoms with E-state index in [1.807, 2.05) is 4.90 Å². The molecule has 17 heavy (non-hydrogen) atoms. The third-order valence-corrected chi connectivity index (χ3v) is 3.24. The maximum atomic E-state index is 12.0. The molecule has 0 spiro atoms. The Labute approximate surface area is 101 Å². The van der Waals surface area contributed by atoms with E-state index in [0.29, 0.717) is 19.1 Å². The fourth-order valence-electron chi connectivity index (χ4n) is 2.24. The van der Waals surface area contributed by atoms with E-state index in [2.05, 4.69) is 17.6 Å². The number of amides is 2. The summed E-state index contributed by atoms with van der Waals surface area (Å²) >= 11 is 0. The van der Waals surface area contributed by atoms with Crippen LogP contribution < -0.4 is 10.6 Å². The van der Waals surface area contributed by atoms with Gasteiger partial charge in [-0.1, -0.05) is 0 Å². The average molecular weight is 240 g/mol. The second-order valence-corrected chi connectivity index (χ2v) is 4.69. The van der Waals surface area contributed by atoms with Crippen molar-refractivity contribution in [1.29, 1.82) is 0 Å². The summed E-state index contributed by atoms with van der Waals surface area (Å²) in [6.45, 7) is 6.36. The molecule has 2 rings (SSSR count). The first-order valence-electron chi connectivity index (χ1n) is 6.16. The van der Waals surface area contributed by atoms with Crippen LogP contribution in [0.2, 0.25) is 0 Å². The Balaban J connectivity index is 1.85. The first kappa shape index (κ1) is 12.3. The summed E-state index contributed by atoms with van der Waals surface area (Å²) in [6, 6.07) is 0.339. The quantitative estimate of drug-likeness (QED) is 0.600. The molecule has 2 amide bonds. The van der Waals surface area contributed by atoms with Gasteiger partial charge in [0.05, 0.1) is 13.1 Å². The number of carbonyl (C=O) groups excluding carboxylic acids is 2. The zero-order chi connectivity index (χ0) is 12.3. The molecule has 0 bridgehead atoms. The number of hydrogen-bond donors (Lipinski definition) is 2. The van der Waals surface area contributed by atoms with Gasteiger partial charge in [0.15, 0.2) is 0 Å². The van der Waals surface area contributed by atoms with Crippen molar-refractivity contribution in [2.24, 2.45) is 0 Å². The molecular formula is C11H20N4O2. The number of piperazine rings is 2. The Hall–Kier alpha value is -1.14. The van der Waals surface area contributed by atoms with Crippen LogP contribution in [0.15, 0.2) is 0 Å². The molecule has 0 unspecified atom stereocenters. The largest absolute Gasteiger partial charge is 0.338 e. The van der Waals surface area contributed by atoms with Crippen LogP contribution in [0.3, 0.4) is 0 Å². The standard InChI is InChI=1S/C11H20N4O2/c1-9-7-14(5-3-13-9)11(17)8-15-4-2-12-6-10(15)16/h9,12-13H,2-8H2,1H3/t9-/m0/s1. The van der Waals surface area contributed by atoms with Crippen LogP contribution in [0, 0.1) is 0 Å². The molecule has 0 aliphatic carbocycles. The molecular weight excluding hydrogens is 220 g/mol. The molecule has 6 heteroatoms. The minimum atomic E-state index is 0.0211. The van der Waals surface area contributed by atoms with Crippen LogP contribution in [0.4, 0.5) is 0 Å². The minimum Gasteiger partial charge on any atom is -0.338 e. The molecule has 0 radical (unpaired) electrons. The van der Waals surface area contributed by atoms with Gasteiger partial charge in [-0.15, -0.1) is 0 Å². The molecule has 0 aromatic heterocycles. The summed E-state index contributed by atoms with van der Waals surface area (Å²) in [5, 5.41) is 6.29. The molecule has 1 atom stereocenters. The number of rotatable bonds is 2. The van der Waals surface area contributed by atoms with Gasteiger partial charge < -0.3 is 20.4 Å². The summed E-state index contributed by atoms with van der Waals surface area (Å²) in [5.41, 5.74) is 0. The van der Waals surface area contributed by atoms with Crippen LogP contribution in [0.5, 0.6) is 0 Å². The third kappa shape index (κ3) is 3.17. The molecule has 2 aliphatic rings. The Bertz CT molecular complexity index is 308. The Morgan fingerprint density at radius 3 is 2.94 bits per heavy atom. The van der Waals surface area contributed by atoms with Crippen molar-refractivity contribution in [2.45, 2.75) is 13.0 Å². The third-order valence-electron chi connectivity index (χ3n) is 3.24. The molecule has 96 valence electrons. The van der Waals surface area contributed by atoms with E-state index >= 15 is 0 Å². The maximum Gasteiger partial charge on any atom is 0.242 e. The first-order valence-corrected chi connectivity index (χ1v) is 6.16. The molecule has 0 aromatic carbocycles. The number of nitrogens with one attached hydrogen (secondary N) is 2. The van der Waals surface area contributed by atoms with Gasteiger partial charge in [-0.3, -0.25) is 9.59 Å². The highest BCUT2D eigenvalue weighted by Crippen LogP contribution is 2.02. The Morgan fingerprint density at radius 1 is 1.41 bits per heavy atom. The van der Waals surface area contributed by atoms with Crippen molar-refractivity contribution in [3.8, 4) is 0 Å². The highest BCUT2D eigenvalue weighted by atomic mass is 16.2. The summed E-state index contributed by atoms with van der Waals surface area (Å²) in [5.74, 6) is 0.0846. The summed E-state index contributed by atoms with van der Waals surface area (Å²) in [7, 11) is 0. The topological polar surface area (TPSA) is 64.7 Å². The van der Waals surface area contributed by atoms with E-state index in [0.717, 1.165) is 26.2 Å². The molecule has 2 saturated heterocycles. The zero-order valence-corrected chi connectivity index (χ0v) is 10.2. The number of carbonyl (C=O) groups is 2.